The van der Waals surface area contributed by atoms with Gasteiger partial charge in [-0.2, -0.15) is 4.31 Å². The van der Waals surface area contributed by atoms with Gasteiger partial charge >= 0.3 is 0 Å². The Morgan fingerprint density at radius 3 is 2.46 bits per heavy atom. The fraction of sp³-hybridized carbons (Fsp3) is 0.240. The van der Waals surface area contributed by atoms with E-state index < -0.39 is 15.8 Å². The average molecular weight is 500 g/mol. The number of hydrogen-bond donors (Lipinski definition) is 2. The Balaban J connectivity index is 1.58. The number of ether oxygens (including phenoxy) is 2. The number of aryl methyl sites for hydroxylation is 1. The second-order valence-corrected chi connectivity index (χ2v) is 9.88. The minimum absolute atomic E-state index is 0.0627. The van der Waals surface area contributed by atoms with E-state index in [0.29, 0.717) is 36.1 Å². The third-order valence-electron chi connectivity index (χ3n) is 5.46. The van der Waals surface area contributed by atoms with Crippen LogP contribution in [-0.4, -0.2) is 51.5 Å². The van der Waals surface area contributed by atoms with Crippen LogP contribution in [-0.2, 0) is 19.6 Å². The Kier molecular flexibility index (Phi) is 7.64. The monoisotopic (exact) mass is 499 g/mol. The first-order valence-electron chi connectivity index (χ1n) is 11.1. The predicted molar refractivity (Wildman–Crippen MR) is 131 cm³/mol. The third-order valence-corrected chi connectivity index (χ3v) is 7.35. The largest absolute Gasteiger partial charge is 0.455 e. The Labute approximate surface area is 203 Å². The van der Waals surface area contributed by atoms with Gasteiger partial charge in [0.25, 0.3) is 0 Å². The fourth-order valence-electron chi connectivity index (χ4n) is 3.55. The molecule has 1 saturated heterocycles. The van der Waals surface area contributed by atoms with E-state index in [1.54, 1.807) is 6.07 Å². The van der Waals surface area contributed by atoms with E-state index >= 15 is 0 Å². The molecule has 1 aliphatic heterocycles. The second kappa shape index (κ2) is 10.9. The van der Waals surface area contributed by atoms with Gasteiger partial charge in [0.15, 0.2) is 5.75 Å². The molecular formula is C25H26FN3O5S. The van der Waals surface area contributed by atoms with Gasteiger partial charge in [-0.1, -0.05) is 18.2 Å². The lowest BCUT2D eigenvalue weighted by atomic mass is 10.2. The summed E-state index contributed by atoms with van der Waals surface area (Å²) < 4.78 is 52.1. The Hall–Kier alpha value is -3.47. The number of morpholine rings is 1. The molecule has 0 saturated carbocycles. The van der Waals surface area contributed by atoms with Crippen LogP contribution in [0, 0.1) is 12.7 Å². The van der Waals surface area contributed by atoms with E-state index in [1.807, 2.05) is 25.1 Å². The van der Waals surface area contributed by atoms with Crippen molar-refractivity contribution in [2.45, 2.75) is 11.8 Å². The van der Waals surface area contributed by atoms with Crippen molar-refractivity contribution in [1.29, 1.82) is 0 Å². The number of halogens is 1. The maximum atomic E-state index is 13.3. The molecule has 3 aromatic rings. The summed E-state index contributed by atoms with van der Waals surface area (Å²) >= 11 is 0. The van der Waals surface area contributed by atoms with Crippen molar-refractivity contribution in [2.75, 3.05) is 43.5 Å². The molecule has 0 unspecified atom stereocenters. The van der Waals surface area contributed by atoms with Crippen LogP contribution in [0.5, 0.6) is 11.5 Å². The number of nitrogens with zero attached hydrogens (tertiary/aromatic N) is 1. The molecule has 35 heavy (non-hydrogen) atoms. The van der Waals surface area contributed by atoms with Crippen molar-refractivity contribution in [3.8, 4) is 11.5 Å². The maximum absolute atomic E-state index is 13.3. The summed E-state index contributed by atoms with van der Waals surface area (Å²) in [6.07, 6.45) is 0. The van der Waals surface area contributed by atoms with Crippen LogP contribution in [0.3, 0.4) is 0 Å². The van der Waals surface area contributed by atoms with Gasteiger partial charge in [-0.05, 0) is 61.0 Å². The minimum Gasteiger partial charge on any atom is -0.455 e. The van der Waals surface area contributed by atoms with Crippen molar-refractivity contribution in [2.24, 2.45) is 0 Å². The highest BCUT2D eigenvalue weighted by atomic mass is 32.2. The molecule has 0 spiro atoms. The standard InChI is InChI=1S/C25H26FN3O5S/c1-18-4-2-3-5-22(18)28-25(30)17-27-23-16-21(35(31,32)29-12-14-33-15-13-29)10-11-24(23)34-20-8-6-19(26)7-9-20/h2-11,16,27H,12-15,17H2,1H3,(H,28,30). The van der Waals surface area contributed by atoms with Crippen molar-refractivity contribution in [3.05, 3.63) is 78.1 Å². The van der Waals surface area contributed by atoms with Gasteiger partial charge in [0, 0.05) is 18.8 Å². The van der Waals surface area contributed by atoms with E-state index in [0.717, 1.165) is 5.56 Å². The Bertz CT molecular complexity index is 1290. The molecule has 2 N–H and O–H groups in total. The molecule has 0 bridgehead atoms. The first-order valence-corrected chi connectivity index (χ1v) is 12.5. The second-order valence-electron chi connectivity index (χ2n) is 7.95. The smallest absolute Gasteiger partial charge is 0.243 e. The summed E-state index contributed by atoms with van der Waals surface area (Å²) in [5, 5.41) is 5.81. The Morgan fingerprint density at radius 2 is 1.74 bits per heavy atom. The van der Waals surface area contributed by atoms with Crippen molar-refractivity contribution >= 4 is 27.3 Å². The molecule has 0 aromatic heterocycles. The zero-order valence-corrected chi connectivity index (χ0v) is 20.0. The number of hydrogen-bond acceptors (Lipinski definition) is 6. The van der Waals surface area contributed by atoms with Crippen LogP contribution < -0.4 is 15.4 Å². The summed E-state index contributed by atoms with van der Waals surface area (Å²) in [6.45, 7) is 2.94. The number of carbonyl (C=O) groups is 1. The number of carbonyl (C=O) groups excluding carboxylic acids is 1. The van der Waals surface area contributed by atoms with Crippen LogP contribution in [0.2, 0.25) is 0 Å². The van der Waals surface area contributed by atoms with Crippen LogP contribution in [0.25, 0.3) is 0 Å². The van der Waals surface area contributed by atoms with Crippen molar-refractivity contribution in [3.63, 3.8) is 0 Å². The highest BCUT2D eigenvalue weighted by Crippen LogP contribution is 2.33. The molecule has 3 aromatic carbocycles. The summed E-state index contributed by atoms with van der Waals surface area (Å²) in [5.74, 6) is -0.0622. The number of para-hydroxylation sites is 1. The number of rotatable bonds is 8. The number of nitrogens with one attached hydrogen (secondary N) is 2. The molecular weight excluding hydrogens is 473 g/mol. The van der Waals surface area contributed by atoms with Gasteiger partial charge in [-0.3, -0.25) is 4.79 Å². The maximum Gasteiger partial charge on any atom is 0.243 e. The van der Waals surface area contributed by atoms with E-state index in [9.17, 15) is 17.6 Å². The summed E-state index contributed by atoms with van der Waals surface area (Å²) in [7, 11) is -3.76. The Morgan fingerprint density at radius 1 is 1.03 bits per heavy atom. The molecule has 184 valence electrons. The fourth-order valence-corrected chi connectivity index (χ4v) is 4.98. The lowest BCUT2D eigenvalue weighted by Crippen LogP contribution is -2.40. The van der Waals surface area contributed by atoms with Crippen LogP contribution in [0.15, 0.2) is 71.6 Å². The van der Waals surface area contributed by atoms with Crippen LogP contribution in [0.4, 0.5) is 15.8 Å². The van der Waals surface area contributed by atoms with Crippen LogP contribution >= 0.6 is 0 Å². The van der Waals surface area contributed by atoms with E-state index in [2.05, 4.69) is 10.6 Å². The van der Waals surface area contributed by atoms with Crippen molar-refractivity contribution < 1.29 is 27.1 Å². The van der Waals surface area contributed by atoms with Gasteiger partial charge in [-0.15, -0.1) is 0 Å². The van der Waals surface area contributed by atoms with Crippen LogP contribution in [0.1, 0.15) is 5.56 Å². The first kappa shape index (κ1) is 24.6. The molecule has 1 amide bonds. The summed E-state index contributed by atoms with van der Waals surface area (Å²) in [5.41, 5.74) is 1.91. The summed E-state index contributed by atoms with van der Waals surface area (Å²) in [6, 6.07) is 17.2. The van der Waals surface area contributed by atoms with Gasteiger partial charge < -0.3 is 20.1 Å². The average Bonchev–Trinajstić information content (AvgIpc) is 2.86. The number of amides is 1. The van der Waals surface area contributed by atoms with Crippen molar-refractivity contribution in [1.82, 2.24) is 4.31 Å². The number of anilines is 2. The predicted octanol–water partition coefficient (Wildman–Crippen LogP) is 4.00. The van der Waals surface area contributed by atoms with E-state index in [1.165, 1.54) is 46.8 Å². The topological polar surface area (TPSA) is 97.0 Å². The molecule has 8 nitrogen and oxygen atoms in total. The molecule has 1 heterocycles. The SMILES string of the molecule is Cc1ccccc1NC(=O)CNc1cc(S(=O)(=O)N2CCOCC2)ccc1Oc1ccc(F)cc1. The first-order chi connectivity index (χ1) is 16.8. The number of sulfonamides is 1. The van der Waals surface area contributed by atoms with Gasteiger partial charge in [0.1, 0.15) is 11.6 Å². The zero-order chi connectivity index (χ0) is 24.8. The minimum atomic E-state index is -3.76. The highest BCUT2D eigenvalue weighted by molar-refractivity contribution is 7.89. The van der Waals surface area contributed by atoms with Gasteiger partial charge in [0.05, 0.1) is 30.3 Å². The normalized spacial score (nSPS) is 14.3. The van der Waals surface area contributed by atoms with Gasteiger partial charge in [0.2, 0.25) is 15.9 Å². The number of benzene rings is 3. The lowest BCUT2D eigenvalue weighted by molar-refractivity contribution is -0.114. The molecule has 0 atom stereocenters. The quantitative estimate of drug-likeness (QED) is 0.486. The molecule has 10 heteroatoms. The third kappa shape index (κ3) is 6.16. The molecule has 1 aliphatic rings. The summed E-state index contributed by atoms with van der Waals surface area (Å²) in [4.78, 5) is 12.6. The molecule has 1 fully saturated rings. The zero-order valence-electron chi connectivity index (χ0n) is 19.2. The van der Waals surface area contributed by atoms with E-state index in [4.69, 9.17) is 9.47 Å². The molecule has 4 rings (SSSR count). The molecule has 0 aliphatic carbocycles. The van der Waals surface area contributed by atoms with Gasteiger partial charge in [-0.25, -0.2) is 12.8 Å². The lowest BCUT2D eigenvalue weighted by Gasteiger charge is -2.26. The molecule has 0 radical (unpaired) electrons. The highest BCUT2D eigenvalue weighted by Gasteiger charge is 2.27. The van der Waals surface area contributed by atoms with E-state index in [-0.39, 0.29) is 30.4 Å².